The number of thiocarbonyl (C=S) groups is 1. The molecule has 0 spiro atoms. The van der Waals surface area contributed by atoms with Gasteiger partial charge in [-0.3, -0.25) is 0 Å². The normalized spacial score (nSPS) is 11.9. The molecular formula is C14H14BrN3S. The summed E-state index contributed by atoms with van der Waals surface area (Å²) in [7, 11) is 0. The van der Waals surface area contributed by atoms with E-state index >= 15 is 0 Å². The average molecular weight is 336 g/mol. The number of pyridine rings is 1. The van der Waals surface area contributed by atoms with Crippen LogP contribution in [0.2, 0.25) is 0 Å². The molecule has 0 aliphatic rings. The third-order valence-corrected chi connectivity index (χ3v) is 3.55. The van der Waals surface area contributed by atoms with Crippen LogP contribution in [0, 0.1) is 0 Å². The second-order valence-corrected chi connectivity index (χ2v) is 5.57. The van der Waals surface area contributed by atoms with E-state index in [4.69, 9.17) is 18.0 Å². The first-order valence-corrected chi connectivity index (χ1v) is 7.04. The van der Waals surface area contributed by atoms with Crippen LogP contribution in [-0.4, -0.2) is 9.97 Å². The molecule has 1 aromatic carbocycles. The van der Waals surface area contributed by atoms with Crippen LogP contribution in [0.4, 0.5) is 5.82 Å². The maximum atomic E-state index is 5.54. The molecule has 0 bridgehead atoms. The molecule has 0 fully saturated rings. The van der Waals surface area contributed by atoms with Gasteiger partial charge in [-0.2, -0.15) is 0 Å². The van der Waals surface area contributed by atoms with Crippen molar-refractivity contribution < 1.29 is 0 Å². The predicted molar refractivity (Wildman–Crippen MR) is 86.3 cm³/mol. The molecule has 3 nitrogen and oxygen atoms in total. The molecule has 3 N–H and O–H groups in total. The Balaban J connectivity index is 2.08. The van der Waals surface area contributed by atoms with Crippen molar-refractivity contribution in [2.45, 2.75) is 13.0 Å². The predicted octanol–water partition coefficient (Wildman–Crippen LogP) is 3.65. The third-order valence-electron chi connectivity index (χ3n) is 2.78. The molecule has 0 amide bonds. The highest BCUT2D eigenvalue weighted by Crippen LogP contribution is 2.20. The van der Waals surface area contributed by atoms with Crippen LogP contribution in [0.1, 0.15) is 24.1 Å². The zero-order valence-electron chi connectivity index (χ0n) is 10.4. The summed E-state index contributed by atoms with van der Waals surface area (Å²) >= 11 is 8.32. The van der Waals surface area contributed by atoms with E-state index in [0.717, 1.165) is 15.9 Å². The highest BCUT2D eigenvalue weighted by molar-refractivity contribution is 9.10. The van der Waals surface area contributed by atoms with E-state index in [1.54, 1.807) is 6.20 Å². The van der Waals surface area contributed by atoms with Gasteiger partial charge >= 0.3 is 0 Å². The van der Waals surface area contributed by atoms with E-state index in [9.17, 15) is 0 Å². The fourth-order valence-electron chi connectivity index (χ4n) is 1.68. The van der Waals surface area contributed by atoms with Gasteiger partial charge < -0.3 is 11.1 Å². The summed E-state index contributed by atoms with van der Waals surface area (Å²) in [6, 6.07) is 12.1. The number of hydrogen-bond acceptors (Lipinski definition) is 3. The molecule has 0 aliphatic heterocycles. The number of aromatic nitrogens is 1. The zero-order valence-corrected chi connectivity index (χ0v) is 12.8. The topological polar surface area (TPSA) is 50.9 Å². The number of nitrogens with one attached hydrogen (secondary N) is 1. The zero-order chi connectivity index (χ0) is 13.8. The lowest BCUT2D eigenvalue weighted by Crippen LogP contribution is -2.11. The molecule has 98 valence electrons. The minimum absolute atomic E-state index is 0.177. The molecule has 0 saturated carbocycles. The summed E-state index contributed by atoms with van der Waals surface area (Å²) in [5.41, 5.74) is 7.51. The highest BCUT2D eigenvalue weighted by Gasteiger charge is 2.06. The molecule has 1 unspecified atom stereocenters. The SMILES string of the molecule is CC(Nc1ccc(C(N)=S)cn1)c1ccc(Br)cc1. The second kappa shape index (κ2) is 6.12. The van der Waals surface area contributed by atoms with Gasteiger partial charge in [0.2, 0.25) is 0 Å². The minimum atomic E-state index is 0.177. The fraction of sp³-hybridized carbons (Fsp3) is 0.143. The summed E-state index contributed by atoms with van der Waals surface area (Å²) in [5, 5.41) is 3.33. The number of benzene rings is 1. The van der Waals surface area contributed by atoms with Gasteiger partial charge in [0, 0.05) is 22.3 Å². The van der Waals surface area contributed by atoms with Gasteiger partial charge in [-0.05, 0) is 36.8 Å². The Kier molecular flexibility index (Phi) is 4.50. The summed E-state index contributed by atoms with van der Waals surface area (Å²) in [5.74, 6) is 0.801. The molecular weight excluding hydrogens is 322 g/mol. The van der Waals surface area contributed by atoms with Crippen LogP contribution in [0.3, 0.4) is 0 Å². The van der Waals surface area contributed by atoms with Crippen LogP contribution in [0.5, 0.6) is 0 Å². The lowest BCUT2D eigenvalue weighted by molar-refractivity contribution is 0.874. The first kappa shape index (κ1) is 14.0. The maximum Gasteiger partial charge on any atom is 0.126 e. The second-order valence-electron chi connectivity index (χ2n) is 4.21. The van der Waals surface area contributed by atoms with Crippen LogP contribution in [-0.2, 0) is 0 Å². The molecule has 1 atom stereocenters. The number of nitrogens with zero attached hydrogens (tertiary/aromatic N) is 1. The lowest BCUT2D eigenvalue weighted by Gasteiger charge is -2.15. The average Bonchev–Trinajstić information content (AvgIpc) is 2.40. The minimum Gasteiger partial charge on any atom is -0.389 e. The Morgan fingerprint density at radius 1 is 1.26 bits per heavy atom. The van der Waals surface area contributed by atoms with Gasteiger partial charge in [-0.25, -0.2) is 4.98 Å². The smallest absolute Gasteiger partial charge is 0.126 e. The number of hydrogen-bond donors (Lipinski definition) is 2. The molecule has 19 heavy (non-hydrogen) atoms. The molecule has 1 heterocycles. The van der Waals surface area contributed by atoms with E-state index in [1.807, 2.05) is 24.3 Å². The van der Waals surface area contributed by atoms with Gasteiger partial charge in [0.25, 0.3) is 0 Å². The van der Waals surface area contributed by atoms with Gasteiger partial charge in [0.05, 0.1) is 0 Å². The molecule has 5 heteroatoms. The van der Waals surface area contributed by atoms with Crippen LogP contribution < -0.4 is 11.1 Å². The molecule has 1 aromatic heterocycles. The van der Waals surface area contributed by atoms with Gasteiger partial charge in [0.1, 0.15) is 10.8 Å². The Bertz CT molecular complexity index is 566. The van der Waals surface area contributed by atoms with E-state index in [0.29, 0.717) is 4.99 Å². The number of nitrogens with two attached hydrogens (primary N) is 1. The fourth-order valence-corrected chi connectivity index (χ4v) is 2.07. The third kappa shape index (κ3) is 3.75. The van der Waals surface area contributed by atoms with E-state index in [2.05, 4.69) is 45.3 Å². The van der Waals surface area contributed by atoms with Crippen LogP contribution >= 0.6 is 28.1 Å². The Morgan fingerprint density at radius 2 is 1.95 bits per heavy atom. The van der Waals surface area contributed by atoms with Crippen molar-refractivity contribution in [2.24, 2.45) is 5.73 Å². The van der Waals surface area contributed by atoms with E-state index in [1.165, 1.54) is 5.56 Å². The first-order chi connectivity index (χ1) is 9.06. The Labute approximate surface area is 126 Å². The molecule has 0 saturated heterocycles. The molecule has 0 aliphatic carbocycles. The maximum absolute atomic E-state index is 5.54. The largest absolute Gasteiger partial charge is 0.389 e. The molecule has 2 rings (SSSR count). The summed E-state index contributed by atoms with van der Waals surface area (Å²) < 4.78 is 1.07. The summed E-state index contributed by atoms with van der Waals surface area (Å²) in [4.78, 5) is 4.66. The van der Waals surface area contributed by atoms with E-state index < -0.39 is 0 Å². The van der Waals surface area contributed by atoms with Crippen molar-refractivity contribution in [1.82, 2.24) is 4.98 Å². The number of halogens is 1. The summed E-state index contributed by atoms with van der Waals surface area (Å²) in [6.45, 7) is 2.09. The van der Waals surface area contributed by atoms with Gasteiger partial charge in [0.15, 0.2) is 0 Å². The standard InChI is InChI=1S/C14H14BrN3S/c1-9(10-2-5-12(15)6-3-10)18-13-7-4-11(8-17-13)14(16)19/h2-9H,1H3,(H2,16,19)(H,17,18). The number of rotatable bonds is 4. The first-order valence-electron chi connectivity index (χ1n) is 5.84. The quantitative estimate of drug-likeness (QED) is 0.837. The van der Waals surface area contributed by atoms with Gasteiger partial charge in [-0.15, -0.1) is 0 Å². The molecule has 0 radical (unpaired) electrons. The van der Waals surface area contributed by atoms with Crippen molar-refractivity contribution in [2.75, 3.05) is 5.32 Å². The van der Waals surface area contributed by atoms with Crippen molar-refractivity contribution >= 4 is 39.0 Å². The van der Waals surface area contributed by atoms with Crippen LogP contribution in [0.25, 0.3) is 0 Å². The monoisotopic (exact) mass is 335 g/mol. The van der Waals surface area contributed by atoms with Crippen molar-refractivity contribution in [3.63, 3.8) is 0 Å². The number of anilines is 1. The lowest BCUT2D eigenvalue weighted by atomic mass is 10.1. The van der Waals surface area contributed by atoms with Crippen molar-refractivity contribution in [1.29, 1.82) is 0 Å². The highest BCUT2D eigenvalue weighted by atomic mass is 79.9. The van der Waals surface area contributed by atoms with E-state index in [-0.39, 0.29) is 6.04 Å². The van der Waals surface area contributed by atoms with Crippen molar-refractivity contribution in [3.8, 4) is 0 Å². The van der Waals surface area contributed by atoms with Crippen molar-refractivity contribution in [3.05, 3.63) is 58.2 Å². The Morgan fingerprint density at radius 3 is 2.47 bits per heavy atom. The summed E-state index contributed by atoms with van der Waals surface area (Å²) in [6.07, 6.45) is 1.68. The Hall–Kier alpha value is -1.46. The van der Waals surface area contributed by atoms with Crippen LogP contribution in [0.15, 0.2) is 47.1 Å². The van der Waals surface area contributed by atoms with Gasteiger partial charge in [-0.1, -0.05) is 40.3 Å². The molecule has 2 aromatic rings.